The van der Waals surface area contributed by atoms with Crippen LogP contribution in [0.25, 0.3) is 0 Å². The highest BCUT2D eigenvalue weighted by molar-refractivity contribution is 5.07. The number of likely N-dealkylation sites (tertiary alicyclic amines) is 1. The molecule has 0 saturated carbocycles. The van der Waals surface area contributed by atoms with Crippen LogP contribution in [-0.2, 0) is 26.6 Å². The number of hydrogen-bond donors (Lipinski definition) is 0. The van der Waals surface area contributed by atoms with Crippen molar-refractivity contribution in [3.8, 4) is 0 Å². The van der Waals surface area contributed by atoms with E-state index in [-0.39, 0.29) is 0 Å². The van der Waals surface area contributed by atoms with E-state index in [9.17, 15) is 0 Å². The van der Waals surface area contributed by atoms with Crippen LogP contribution in [0.15, 0.2) is 30.9 Å². The van der Waals surface area contributed by atoms with Gasteiger partial charge in [-0.05, 0) is 32.0 Å². The van der Waals surface area contributed by atoms with E-state index in [4.69, 9.17) is 0 Å². The fourth-order valence-corrected chi connectivity index (χ4v) is 3.66. The Hall–Kier alpha value is -2.61. The largest absolute Gasteiger partial charge is 0.316 e. The zero-order valence-electron chi connectivity index (χ0n) is 16.0. The molecular weight excluding hydrogens is 340 g/mol. The third-order valence-electron chi connectivity index (χ3n) is 5.30. The molecule has 4 heterocycles. The van der Waals surface area contributed by atoms with E-state index in [2.05, 4.69) is 48.7 Å². The number of nitrogens with zero attached hydrogens (tertiary/aromatic N) is 8. The Kier molecular flexibility index (Phi) is 5.24. The maximum atomic E-state index is 4.48. The lowest BCUT2D eigenvalue weighted by Crippen LogP contribution is -2.33. The molecule has 0 unspecified atom stereocenters. The van der Waals surface area contributed by atoms with Crippen LogP contribution < -0.4 is 0 Å². The maximum absolute atomic E-state index is 4.48. The Morgan fingerprint density at radius 3 is 2.52 bits per heavy atom. The smallest absolute Gasteiger partial charge is 0.154 e. The number of rotatable bonds is 6. The average molecular weight is 366 g/mol. The molecule has 27 heavy (non-hydrogen) atoms. The zero-order chi connectivity index (χ0) is 18.6. The summed E-state index contributed by atoms with van der Waals surface area (Å²) in [6, 6.07) is 1.92. The van der Waals surface area contributed by atoms with E-state index in [0.29, 0.717) is 12.5 Å². The molecule has 3 aromatic rings. The van der Waals surface area contributed by atoms with E-state index in [0.717, 1.165) is 56.4 Å². The Bertz CT molecular complexity index is 844. The van der Waals surface area contributed by atoms with Crippen molar-refractivity contribution in [2.24, 2.45) is 7.05 Å². The molecule has 0 N–H and O–H groups in total. The summed E-state index contributed by atoms with van der Waals surface area (Å²) in [7, 11) is 2.06. The highest BCUT2D eigenvalue weighted by Gasteiger charge is 2.25. The Labute approximate surface area is 159 Å². The van der Waals surface area contributed by atoms with Gasteiger partial charge in [0.2, 0.25) is 0 Å². The van der Waals surface area contributed by atoms with Crippen LogP contribution in [0, 0.1) is 0 Å². The summed E-state index contributed by atoms with van der Waals surface area (Å²) in [6.07, 6.45) is 10.7. The van der Waals surface area contributed by atoms with Crippen molar-refractivity contribution in [1.82, 2.24) is 39.4 Å². The normalized spacial score (nSPS) is 16.1. The molecule has 0 bridgehead atoms. The first-order chi connectivity index (χ1) is 13.2. The van der Waals surface area contributed by atoms with E-state index in [1.807, 2.05) is 29.3 Å². The molecule has 8 heteroatoms. The monoisotopic (exact) mass is 366 g/mol. The number of hydrogen-bond acceptors (Lipinski definition) is 6. The first kappa shape index (κ1) is 17.8. The summed E-state index contributed by atoms with van der Waals surface area (Å²) in [4.78, 5) is 11.3. The SMILES string of the molecule is CCc1ncc(CN2CCC(c3nnc(Cn4cccn4)n3C)CC2)cn1. The molecule has 0 amide bonds. The number of piperidine rings is 1. The van der Waals surface area contributed by atoms with Crippen molar-refractivity contribution in [3.63, 3.8) is 0 Å². The maximum Gasteiger partial charge on any atom is 0.154 e. The van der Waals surface area contributed by atoms with Crippen LogP contribution in [0.2, 0.25) is 0 Å². The lowest BCUT2D eigenvalue weighted by molar-refractivity contribution is 0.200. The lowest BCUT2D eigenvalue weighted by Gasteiger charge is -2.31. The first-order valence-electron chi connectivity index (χ1n) is 9.60. The van der Waals surface area contributed by atoms with Gasteiger partial charge in [-0.1, -0.05) is 6.92 Å². The molecule has 0 aromatic carbocycles. The van der Waals surface area contributed by atoms with E-state index in [1.165, 1.54) is 5.56 Å². The van der Waals surface area contributed by atoms with Crippen LogP contribution in [0.4, 0.5) is 0 Å². The Morgan fingerprint density at radius 1 is 1.07 bits per heavy atom. The van der Waals surface area contributed by atoms with E-state index < -0.39 is 0 Å². The van der Waals surface area contributed by atoms with Gasteiger partial charge < -0.3 is 4.57 Å². The molecule has 0 radical (unpaired) electrons. The van der Waals surface area contributed by atoms with Gasteiger partial charge in [0.15, 0.2) is 5.82 Å². The second-order valence-corrected chi connectivity index (χ2v) is 7.15. The molecule has 0 spiro atoms. The topological polar surface area (TPSA) is 77.5 Å². The second-order valence-electron chi connectivity index (χ2n) is 7.15. The molecule has 1 aliphatic rings. The van der Waals surface area contributed by atoms with E-state index in [1.54, 1.807) is 6.20 Å². The van der Waals surface area contributed by atoms with Gasteiger partial charge in [-0.3, -0.25) is 9.58 Å². The fraction of sp³-hybridized carbons (Fsp3) is 0.526. The zero-order valence-corrected chi connectivity index (χ0v) is 16.0. The van der Waals surface area contributed by atoms with Gasteiger partial charge in [0.25, 0.3) is 0 Å². The third kappa shape index (κ3) is 4.05. The summed E-state index contributed by atoms with van der Waals surface area (Å²) < 4.78 is 4.02. The Balaban J connectivity index is 1.34. The molecule has 8 nitrogen and oxygen atoms in total. The highest BCUT2D eigenvalue weighted by Crippen LogP contribution is 2.27. The van der Waals surface area contributed by atoms with Gasteiger partial charge in [-0.2, -0.15) is 5.10 Å². The minimum absolute atomic E-state index is 0.462. The predicted octanol–water partition coefficient (Wildman–Crippen LogP) is 1.79. The van der Waals surface area contributed by atoms with Gasteiger partial charge in [-0.25, -0.2) is 9.97 Å². The van der Waals surface area contributed by atoms with Gasteiger partial charge in [0.05, 0.1) is 0 Å². The van der Waals surface area contributed by atoms with Gasteiger partial charge >= 0.3 is 0 Å². The van der Waals surface area contributed by atoms with Crippen molar-refractivity contribution in [2.45, 2.75) is 45.2 Å². The number of aromatic nitrogens is 7. The van der Waals surface area contributed by atoms with Crippen molar-refractivity contribution in [2.75, 3.05) is 13.1 Å². The second kappa shape index (κ2) is 7.96. The van der Waals surface area contributed by atoms with Crippen LogP contribution in [0.3, 0.4) is 0 Å². The molecule has 1 saturated heterocycles. The van der Waals surface area contributed by atoms with Crippen LogP contribution in [-0.4, -0.2) is 52.5 Å². The van der Waals surface area contributed by atoms with Crippen LogP contribution >= 0.6 is 0 Å². The van der Waals surface area contributed by atoms with Crippen LogP contribution in [0.1, 0.15) is 48.7 Å². The van der Waals surface area contributed by atoms with E-state index >= 15 is 0 Å². The highest BCUT2D eigenvalue weighted by atomic mass is 15.3. The predicted molar refractivity (Wildman–Crippen MR) is 101 cm³/mol. The quantitative estimate of drug-likeness (QED) is 0.662. The molecule has 1 aliphatic heterocycles. The minimum atomic E-state index is 0.462. The summed E-state index contributed by atoms with van der Waals surface area (Å²) in [6.45, 7) is 5.76. The minimum Gasteiger partial charge on any atom is -0.316 e. The molecule has 4 rings (SSSR count). The van der Waals surface area contributed by atoms with Gasteiger partial charge in [0.1, 0.15) is 18.2 Å². The summed E-state index contributed by atoms with van der Waals surface area (Å²) in [5.41, 5.74) is 1.19. The molecule has 3 aromatic heterocycles. The summed E-state index contributed by atoms with van der Waals surface area (Å²) in [5, 5.41) is 13.1. The van der Waals surface area contributed by atoms with Crippen molar-refractivity contribution < 1.29 is 0 Å². The summed E-state index contributed by atoms with van der Waals surface area (Å²) in [5.74, 6) is 3.41. The first-order valence-corrected chi connectivity index (χ1v) is 9.60. The van der Waals surface area contributed by atoms with Crippen molar-refractivity contribution >= 4 is 0 Å². The standard InChI is InChI=1S/C19H26N8/c1-3-17-20-11-15(12-21-17)13-26-9-5-16(6-10-26)19-24-23-18(25(19)2)14-27-8-4-7-22-27/h4,7-8,11-12,16H,3,5-6,9-10,13-14H2,1-2H3. The summed E-state index contributed by atoms with van der Waals surface area (Å²) >= 11 is 0. The van der Waals surface area contributed by atoms with Crippen molar-refractivity contribution in [1.29, 1.82) is 0 Å². The van der Waals surface area contributed by atoms with Gasteiger partial charge in [0, 0.05) is 56.3 Å². The van der Waals surface area contributed by atoms with Crippen molar-refractivity contribution in [3.05, 3.63) is 53.9 Å². The molecular formula is C19H26N8. The molecule has 0 aliphatic carbocycles. The van der Waals surface area contributed by atoms with Crippen LogP contribution in [0.5, 0.6) is 0 Å². The molecule has 0 atom stereocenters. The average Bonchev–Trinajstić information content (AvgIpc) is 3.34. The third-order valence-corrected chi connectivity index (χ3v) is 5.30. The molecule has 1 fully saturated rings. The van der Waals surface area contributed by atoms with Gasteiger partial charge in [-0.15, -0.1) is 10.2 Å². The number of aryl methyl sites for hydroxylation is 1. The molecule has 142 valence electrons. The fourth-order valence-electron chi connectivity index (χ4n) is 3.66. The lowest BCUT2D eigenvalue weighted by atomic mass is 9.95. The Morgan fingerprint density at radius 2 is 1.85 bits per heavy atom.